The zero-order valence-corrected chi connectivity index (χ0v) is 16.6. The van der Waals surface area contributed by atoms with Gasteiger partial charge in [0.2, 0.25) is 0 Å². The second kappa shape index (κ2) is 7.35. The Morgan fingerprint density at radius 1 is 1.07 bits per heavy atom. The van der Waals surface area contributed by atoms with Gasteiger partial charge in [-0.05, 0) is 24.3 Å². The molecule has 0 aliphatic rings. The van der Waals surface area contributed by atoms with Crippen molar-refractivity contribution in [2.24, 2.45) is 7.05 Å². The molecule has 0 amide bonds. The summed E-state index contributed by atoms with van der Waals surface area (Å²) in [6.07, 6.45) is 1.75. The van der Waals surface area contributed by atoms with Crippen LogP contribution in [0.5, 0.6) is 11.5 Å². The fraction of sp³-hybridized carbons (Fsp3) is 0.182. The Hall–Kier alpha value is -3.74. The van der Waals surface area contributed by atoms with Gasteiger partial charge >= 0.3 is 0 Å². The monoisotopic (exact) mass is 391 g/mol. The first-order valence-corrected chi connectivity index (χ1v) is 9.05. The van der Waals surface area contributed by atoms with Crippen LogP contribution < -0.4 is 14.8 Å². The van der Waals surface area contributed by atoms with Crippen LogP contribution in [0.3, 0.4) is 0 Å². The number of benzene rings is 2. The number of methoxy groups -OCH3 is 2. The molecule has 0 aliphatic heterocycles. The number of hydrogen-bond acceptors (Lipinski definition) is 6. The van der Waals surface area contributed by atoms with E-state index in [0.29, 0.717) is 22.8 Å². The molecule has 2 aromatic carbocycles. The summed E-state index contributed by atoms with van der Waals surface area (Å²) < 4.78 is 18.4. The highest BCUT2D eigenvalue weighted by molar-refractivity contribution is 6.01. The van der Waals surface area contributed by atoms with E-state index in [-0.39, 0.29) is 5.78 Å². The highest BCUT2D eigenvalue weighted by atomic mass is 16.5. The molecule has 0 atom stereocenters. The molecule has 2 heterocycles. The maximum Gasteiger partial charge on any atom is 0.194 e. The Morgan fingerprint density at radius 2 is 1.79 bits per heavy atom. The van der Waals surface area contributed by atoms with Gasteiger partial charge in [0.05, 0.1) is 25.6 Å². The maximum atomic E-state index is 11.9. The summed E-state index contributed by atoms with van der Waals surface area (Å²) in [6.45, 7) is 1.49. The van der Waals surface area contributed by atoms with Gasteiger partial charge in [-0.2, -0.15) is 5.10 Å². The number of carbonyl (C=O) groups is 1. The van der Waals surface area contributed by atoms with Crippen LogP contribution in [0.2, 0.25) is 0 Å². The van der Waals surface area contributed by atoms with Crippen molar-refractivity contribution in [2.75, 3.05) is 19.5 Å². The number of furan rings is 1. The lowest BCUT2D eigenvalue weighted by molar-refractivity contribution is 0.0989. The smallest absolute Gasteiger partial charge is 0.194 e. The van der Waals surface area contributed by atoms with Crippen molar-refractivity contribution in [3.8, 4) is 22.8 Å². The molecular weight excluding hydrogens is 370 g/mol. The lowest BCUT2D eigenvalue weighted by Crippen LogP contribution is -1.96. The second-order valence-electron chi connectivity index (χ2n) is 6.68. The van der Waals surface area contributed by atoms with Gasteiger partial charge in [0.1, 0.15) is 11.5 Å². The number of nitrogens with one attached hydrogen (secondary N) is 1. The molecule has 7 heteroatoms. The van der Waals surface area contributed by atoms with Crippen molar-refractivity contribution >= 4 is 28.1 Å². The molecule has 7 nitrogen and oxygen atoms in total. The molecule has 0 bridgehead atoms. The number of ether oxygens (including phenoxy) is 2. The average Bonchev–Trinajstić information content (AvgIpc) is 3.33. The fourth-order valence-electron chi connectivity index (χ4n) is 3.26. The third-order valence-electron chi connectivity index (χ3n) is 4.71. The topological polar surface area (TPSA) is 78.5 Å². The highest BCUT2D eigenvalue weighted by Crippen LogP contribution is 2.36. The zero-order chi connectivity index (χ0) is 20.5. The number of aryl methyl sites for hydroxylation is 1. The van der Waals surface area contributed by atoms with Crippen LogP contribution in [0.25, 0.3) is 22.2 Å². The largest absolute Gasteiger partial charge is 0.497 e. The number of aromatic nitrogens is 2. The third-order valence-corrected chi connectivity index (χ3v) is 4.71. The van der Waals surface area contributed by atoms with E-state index in [9.17, 15) is 4.79 Å². The molecule has 0 fully saturated rings. The Kier molecular flexibility index (Phi) is 4.72. The van der Waals surface area contributed by atoms with Crippen LogP contribution in [-0.4, -0.2) is 29.8 Å². The molecule has 0 unspecified atom stereocenters. The molecule has 4 rings (SSSR count). The lowest BCUT2D eigenvalue weighted by atomic mass is 10.1. The molecular formula is C22H21N3O4. The van der Waals surface area contributed by atoms with Gasteiger partial charge in [-0.1, -0.05) is 0 Å². The molecule has 148 valence electrons. The standard InChI is InChI=1S/C22H21N3O4/c1-13(26)21-9-15-7-14(20-5-6-23-25(20)2)8-19(22(15)29-21)24-16-10-17(27-3)12-18(11-16)28-4/h5-12,24H,1-4H3. The number of hydrogen-bond donors (Lipinski definition) is 1. The second-order valence-corrected chi connectivity index (χ2v) is 6.68. The molecule has 2 aromatic heterocycles. The van der Waals surface area contributed by atoms with Crippen molar-refractivity contribution in [3.63, 3.8) is 0 Å². The summed E-state index contributed by atoms with van der Waals surface area (Å²) in [5.74, 6) is 1.51. The first-order valence-electron chi connectivity index (χ1n) is 9.05. The number of Topliss-reactive ketones (excluding diaryl/α,β-unsaturated/α-hetero) is 1. The summed E-state index contributed by atoms with van der Waals surface area (Å²) in [6, 6.07) is 13.2. The quantitative estimate of drug-likeness (QED) is 0.476. The van der Waals surface area contributed by atoms with Gasteiger partial charge in [-0.3, -0.25) is 9.48 Å². The number of ketones is 1. The van der Waals surface area contributed by atoms with Crippen LogP contribution >= 0.6 is 0 Å². The molecule has 1 N–H and O–H groups in total. The molecule has 0 aliphatic carbocycles. The normalized spacial score (nSPS) is 10.9. The minimum absolute atomic E-state index is 0.128. The first kappa shape index (κ1) is 18.6. The molecule has 0 saturated heterocycles. The van der Waals surface area contributed by atoms with Crippen molar-refractivity contribution in [3.05, 3.63) is 54.4 Å². The Labute approximate surface area is 167 Å². The van der Waals surface area contributed by atoms with E-state index in [2.05, 4.69) is 10.4 Å². The Balaban J connectivity index is 1.88. The number of carbonyl (C=O) groups excluding carboxylic acids is 1. The Morgan fingerprint density at radius 3 is 2.38 bits per heavy atom. The van der Waals surface area contributed by atoms with Gasteiger partial charge < -0.3 is 19.2 Å². The van der Waals surface area contributed by atoms with E-state index < -0.39 is 0 Å². The zero-order valence-electron chi connectivity index (χ0n) is 16.6. The number of fused-ring (bicyclic) bond motifs is 1. The minimum Gasteiger partial charge on any atom is -0.497 e. The third kappa shape index (κ3) is 3.54. The van der Waals surface area contributed by atoms with Gasteiger partial charge in [0.25, 0.3) is 0 Å². The van der Waals surface area contributed by atoms with Crippen molar-refractivity contribution < 1.29 is 18.7 Å². The molecule has 4 aromatic rings. The van der Waals surface area contributed by atoms with Crippen molar-refractivity contribution in [1.82, 2.24) is 9.78 Å². The van der Waals surface area contributed by atoms with Crippen LogP contribution in [0.4, 0.5) is 11.4 Å². The lowest BCUT2D eigenvalue weighted by Gasteiger charge is -2.12. The van der Waals surface area contributed by atoms with Crippen molar-refractivity contribution in [1.29, 1.82) is 0 Å². The summed E-state index contributed by atoms with van der Waals surface area (Å²) >= 11 is 0. The average molecular weight is 391 g/mol. The predicted molar refractivity (Wildman–Crippen MR) is 111 cm³/mol. The van der Waals surface area contributed by atoms with E-state index in [0.717, 1.165) is 28.0 Å². The van der Waals surface area contributed by atoms with Gasteiger partial charge in [-0.15, -0.1) is 0 Å². The summed E-state index contributed by atoms with van der Waals surface area (Å²) in [7, 11) is 5.09. The van der Waals surface area contributed by atoms with Crippen LogP contribution in [0.15, 0.2) is 53.1 Å². The first-order chi connectivity index (χ1) is 14.0. The number of rotatable bonds is 6. The van der Waals surface area contributed by atoms with Gasteiger partial charge in [-0.25, -0.2) is 0 Å². The number of nitrogens with zero attached hydrogens (tertiary/aromatic N) is 2. The molecule has 0 saturated carbocycles. The van der Waals surface area contributed by atoms with E-state index in [1.807, 2.05) is 37.4 Å². The van der Waals surface area contributed by atoms with E-state index in [1.165, 1.54) is 6.92 Å². The van der Waals surface area contributed by atoms with Crippen LogP contribution in [0.1, 0.15) is 17.5 Å². The predicted octanol–water partition coefficient (Wildman–Crippen LogP) is 4.80. The highest BCUT2D eigenvalue weighted by Gasteiger charge is 2.16. The molecule has 29 heavy (non-hydrogen) atoms. The van der Waals surface area contributed by atoms with Crippen molar-refractivity contribution in [2.45, 2.75) is 6.92 Å². The van der Waals surface area contributed by atoms with Gasteiger partial charge in [0.15, 0.2) is 17.1 Å². The van der Waals surface area contributed by atoms with E-state index >= 15 is 0 Å². The summed E-state index contributed by atoms with van der Waals surface area (Å²) in [5.41, 5.74) is 3.99. The molecule has 0 spiro atoms. The molecule has 0 radical (unpaired) electrons. The van der Waals surface area contributed by atoms with Crippen LogP contribution in [0, 0.1) is 0 Å². The van der Waals surface area contributed by atoms with E-state index in [4.69, 9.17) is 13.9 Å². The fourth-order valence-corrected chi connectivity index (χ4v) is 3.26. The van der Waals surface area contributed by atoms with Gasteiger partial charge in [0, 0.05) is 55.0 Å². The van der Waals surface area contributed by atoms with Crippen LogP contribution in [-0.2, 0) is 7.05 Å². The SMILES string of the molecule is COc1cc(Nc2cc(-c3ccnn3C)cc3cc(C(C)=O)oc23)cc(OC)c1. The van der Waals surface area contributed by atoms with E-state index in [1.54, 1.807) is 37.2 Å². The summed E-state index contributed by atoms with van der Waals surface area (Å²) in [5, 5.41) is 8.45. The Bertz CT molecular complexity index is 1180. The maximum absolute atomic E-state index is 11.9. The minimum atomic E-state index is -0.128. The number of anilines is 2. The summed E-state index contributed by atoms with van der Waals surface area (Å²) in [4.78, 5) is 11.9.